The molecule has 0 amide bonds. The number of aromatic nitrogens is 3. The fourth-order valence-corrected chi connectivity index (χ4v) is 2.68. The Balaban J connectivity index is 1.35. The first-order valence-electron chi connectivity index (χ1n) is 8.51. The minimum atomic E-state index is -0.395. The van der Waals surface area contributed by atoms with Gasteiger partial charge in [-0.3, -0.25) is 0 Å². The van der Waals surface area contributed by atoms with Crippen molar-refractivity contribution < 1.29 is 14.1 Å². The molecule has 27 heavy (non-hydrogen) atoms. The summed E-state index contributed by atoms with van der Waals surface area (Å²) in [5.41, 5.74) is 3.07. The third kappa shape index (κ3) is 4.12. The zero-order chi connectivity index (χ0) is 18.5. The van der Waals surface area contributed by atoms with E-state index in [1.165, 1.54) is 0 Å². The van der Waals surface area contributed by atoms with Crippen LogP contribution in [0.15, 0.2) is 83.9 Å². The number of hydrogen-bond acceptors (Lipinski definition) is 5. The van der Waals surface area contributed by atoms with Crippen LogP contribution in [0.1, 0.15) is 21.6 Å². The maximum Gasteiger partial charge on any atom is 0.338 e. The van der Waals surface area contributed by atoms with E-state index in [2.05, 4.69) is 10.1 Å². The quantitative estimate of drug-likeness (QED) is 0.488. The molecule has 0 aliphatic carbocycles. The molecule has 0 spiro atoms. The summed E-state index contributed by atoms with van der Waals surface area (Å²) in [7, 11) is 0. The predicted octanol–water partition coefficient (Wildman–Crippen LogP) is 3.94. The molecule has 0 bridgehead atoms. The Morgan fingerprint density at radius 2 is 1.89 bits per heavy atom. The van der Waals surface area contributed by atoms with E-state index in [0.29, 0.717) is 23.6 Å². The SMILES string of the molecule is O=C(OCc1cc(-c2ccccc2)on1)c1ccc(Cn2ccnc2)cc1. The van der Waals surface area contributed by atoms with Crippen molar-refractivity contribution in [3.8, 4) is 11.3 Å². The van der Waals surface area contributed by atoms with Gasteiger partial charge in [0.25, 0.3) is 0 Å². The van der Waals surface area contributed by atoms with Crippen molar-refractivity contribution in [3.05, 3.63) is 96.2 Å². The minimum absolute atomic E-state index is 0.0615. The van der Waals surface area contributed by atoms with Crippen LogP contribution in [0.3, 0.4) is 0 Å². The number of imidazole rings is 1. The van der Waals surface area contributed by atoms with Gasteiger partial charge in [0, 0.05) is 30.6 Å². The first-order chi connectivity index (χ1) is 13.3. The van der Waals surface area contributed by atoms with Gasteiger partial charge in [0.15, 0.2) is 5.76 Å². The Hall–Kier alpha value is -3.67. The lowest BCUT2D eigenvalue weighted by atomic mass is 10.1. The van der Waals surface area contributed by atoms with Crippen LogP contribution in [-0.2, 0) is 17.9 Å². The second-order valence-corrected chi connectivity index (χ2v) is 6.06. The van der Waals surface area contributed by atoms with Gasteiger partial charge in [-0.15, -0.1) is 0 Å². The van der Waals surface area contributed by atoms with Crippen molar-refractivity contribution in [1.29, 1.82) is 0 Å². The third-order valence-corrected chi connectivity index (χ3v) is 4.08. The maximum absolute atomic E-state index is 12.2. The fourth-order valence-electron chi connectivity index (χ4n) is 2.68. The Kier molecular flexibility index (Phi) is 4.78. The Labute approximate surface area is 156 Å². The van der Waals surface area contributed by atoms with Crippen LogP contribution in [0.4, 0.5) is 0 Å². The van der Waals surface area contributed by atoms with Crippen molar-refractivity contribution in [2.45, 2.75) is 13.2 Å². The van der Waals surface area contributed by atoms with Crippen LogP contribution in [0.25, 0.3) is 11.3 Å². The average Bonchev–Trinajstić information content (AvgIpc) is 3.39. The van der Waals surface area contributed by atoms with Gasteiger partial charge in [-0.2, -0.15) is 0 Å². The van der Waals surface area contributed by atoms with E-state index in [4.69, 9.17) is 9.26 Å². The van der Waals surface area contributed by atoms with Gasteiger partial charge in [0.2, 0.25) is 0 Å². The number of carbonyl (C=O) groups is 1. The van der Waals surface area contributed by atoms with E-state index in [-0.39, 0.29) is 6.61 Å². The minimum Gasteiger partial charge on any atom is -0.455 e. The van der Waals surface area contributed by atoms with Crippen LogP contribution in [0, 0.1) is 0 Å². The van der Waals surface area contributed by atoms with Gasteiger partial charge in [-0.05, 0) is 17.7 Å². The van der Waals surface area contributed by atoms with Crippen LogP contribution >= 0.6 is 0 Å². The second-order valence-electron chi connectivity index (χ2n) is 6.06. The van der Waals surface area contributed by atoms with Crippen molar-refractivity contribution in [1.82, 2.24) is 14.7 Å². The second kappa shape index (κ2) is 7.70. The molecule has 0 radical (unpaired) electrons. The Bertz CT molecular complexity index is 1010. The molecule has 4 aromatic rings. The van der Waals surface area contributed by atoms with Crippen LogP contribution in [0.5, 0.6) is 0 Å². The molecule has 6 heteroatoms. The molecule has 6 nitrogen and oxygen atoms in total. The molecular formula is C21H17N3O3. The van der Waals surface area contributed by atoms with Crippen molar-refractivity contribution in [2.24, 2.45) is 0 Å². The van der Waals surface area contributed by atoms with Crippen LogP contribution in [-0.4, -0.2) is 20.7 Å². The van der Waals surface area contributed by atoms with Crippen LogP contribution < -0.4 is 0 Å². The van der Waals surface area contributed by atoms with Gasteiger partial charge in [0.05, 0.1) is 11.9 Å². The lowest BCUT2D eigenvalue weighted by molar-refractivity contribution is 0.0464. The van der Waals surface area contributed by atoms with E-state index in [0.717, 1.165) is 11.1 Å². The summed E-state index contributed by atoms with van der Waals surface area (Å²) in [5, 5.41) is 3.95. The van der Waals surface area contributed by atoms with E-state index in [9.17, 15) is 4.79 Å². The highest BCUT2D eigenvalue weighted by Gasteiger charge is 2.11. The smallest absolute Gasteiger partial charge is 0.338 e. The van der Waals surface area contributed by atoms with Gasteiger partial charge in [-0.1, -0.05) is 47.6 Å². The molecule has 2 heterocycles. The Morgan fingerprint density at radius 3 is 2.63 bits per heavy atom. The zero-order valence-electron chi connectivity index (χ0n) is 14.5. The summed E-state index contributed by atoms with van der Waals surface area (Å²) in [5.74, 6) is 0.249. The first-order valence-corrected chi connectivity index (χ1v) is 8.51. The van der Waals surface area contributed by atoms with E-state index < -0.39 is 5.97 Å². The molecule has 2 aromatic carbocycles. The van der Waals surface area contributed by atoms with Gasteiger partial charge >= 0.3 is 5.97 Å². The van der Waals surface area contributed by atoms with E-state index in [1.807, 2.05) is 53.2 Å². The number of hydrogen-bond donors (Lipinski definition) is 0. The largest absolute Gasteiger partial charge is 0.455 e. The number of benzene rings is 2. The summed E-state index contributed by atoms with van der Waals surface area (Å²) < 4.78 is 12.6. The summed E-state index contributed by atoms with van der Waals surface area (Å²) in [6.45, 7) is 0.766. The number of ether oxygens (including phenoxy) is 1. The summed E-state index contributed by atoms with van der Waals surface area (Å²) in [4.78, 5) is 16.2. The standard InChI is InChI=1S/C21H17N3O3/c25-21(18-8-6-16(7-9-18)13-24-11-10-22-15-24)26-14-19-12-20(27-23-19)17-4-2-1-3-5-17/h1-12,15H,13-14H2. The van der Waals surface area contributed by atoms with E-state index >= 15 is 0 Å². The van der Waals surface area contributed by atoms with E-state index in [1.54, 1.807) is 30.7 Å². The molecule has 2 aromatic heterocycles. The third-order valence-electron chi connectivity index (χ3n) is 4.08. The number of esters is 1. The van der Waals surface area contributed by atoms with Crippen molar-refractivity contribution in [3.63, 3.8) is 0 Å². The number of carbonyl (C=O) groups excluding carboxylic acids is 1. The fraction of sp³-hybridized carbons (Fsp3) is 0.0952. The maximum atomic E-state index is 12.2. The van der Waals surface area contributed by atoms with Gasteiger partial charge in [-0.25, -0.2) is 9.78 Å². The first kappa shape index (κ1) is 16.8. The zero-order valence-corrected chi connectivity index (χ0v) is 14.5. The molecule has 0 saturated heterocycles. The number of nitrogens with zero attached hydrogens (tertiary/aromatic N) is 3. The van der Waals surface area contributed by atoms with Gasteiger partial charge in [0.1, 0.15) is 12.3 Å². The lowest BCUT2D eigenvalue weighted by Crippen LogP contribution is -2.06. The van der Waals surface area contributed by atoms with Gasteiger partial charge < -0.3 is 13.8 Å². The molecule has 0 unspecified atom stereocenters. The number of rotatable bonds is 6. The molecular weight excluding hydrogens is 342 g/mol. The molecule has 0 aliphatic rings. The monoisotopic (exact) mass is 359 g/mol. The predicted molar refractivity (Wildman–Crippen MR) is 98.8 cm³/mol. The highest BCUT2D eigenvalue weighted by molar-refractivity contribution is 5.89. The summed E-state index contributed by atoms with van der Waals surface area (Å²) in [6, 6.07) is 18.7. The lowest BCUT2D eigenvalue weighted by Gasteiger charge is -2.05. The Morgan fingerprint density at radius 1 is 1.07 bits per heavy atom. The molecule has 0 saturated carbocycles. The average molecular weight is 359 g/mol. The molecule has 134 valence electrons. The van der Waals surface area contributed by atoms with Crippen LogP contribution in [0.2, 0.25) is 0 Å². The molecule has 4 rings (SSSR count). The summed E-state index contributed by atoms with van der Waals surface area (Å²) >= 11 is 0. The van der Waals surface area contributed by atoms with Crippen molar-refractivity contribution in [2.75, 3.05) is 0 Å². The summed E-state index contributed by atoms with van der Waals surface area (Å²) in [6.07, 6.45) is 5.38. The topological polar surface area (TPSA) is 70.2 Å². The normalized spacial score (nSPS) is 10.7. The van der Waals surface area contributed by atoms with Crippen molar-refractivity contribution >= 4 is 5.97 Å². The molecule has 0 atom stereocenters. The molecule has 0 fully saturated rings. The molecule has 0 N–H and O–H groups in total. The molecule has 0 aliphatic heterocycles. The highest BCUT2D eigenvalue weighted by atomic mass is 16.5. The highest BCUT2D eigenvalue weighted by Crippen LogP contribution is 2.20.